The molecule has 0 spiro atoms. The maximum Gasteiger partial charge on any atom is 0.136 e. The SMILES string of the molecule is N#CC(=CNc1cccc(Cl)c1)c1nc(-c2ccc(F)cc2)cs1. The molecule has 0 aliphatic carbocycles. The van der Waals surface area contributed by atoms with E-state index >= 15 is 0 Å². The van der Waals surface area contributed by atoms with Gasteiger partial charge in [-0.3, -0.25) is 0 Å². The Balaban J connectivity index is 1.82. The van der Waals surface area contributed by atoms with Crippen molar-refractivity contribution < 1.29 is 4.39 Å². The van der Waals surface area contributed by atoms with Gasteiger partial charge >= 0.3 is 0 Å². The van der Waals surface area contributed by atoms with E-state index in [1.807, 2.05) is 17.5 Å². The van der Waals surface area contributed by atoms with Gasteiger partial charge in [-0.1, -0.05) is 17.7 Å². The molecule has 0 aliphatic heterocycles. The van der Waals surface area contributed by atoms with Gasteiger partial charge in [0.15, 0.2) is 0 Å². The number of nitrogens with one attached hydrogen (secondary N) is 1. The lowest BCUT2D eigenvalue weighted by atomic mass is 10.2. The second kappa shape index (κ2) is 7.26. The fourth-order valence-corrected chi connectivity index (χ4v) is 3.01. The average Bonchev–Trinajstić information content (AvgIpc) is 3.06. The van der Waals surface area contributed by atoms with Gasteiger partial charge in [0.05, 0.1) is 5.69 Å². The van der Waals surface area contributed by atoms with E-state index in [0.717, 1.165) is 11.3 Å². The topological polar surface area (TPSA) is 48.7 Å². The number of nitrogens with zero attached hydrogens (tertiary/aromatic N) is 2. The highest BCUT2D eigenvalue weighted by atomic mass is 35.5. The Labute approximate surface area is 147 Å². The quantitative estimate of drug-likeness (QED) is 0.621. The molecule has 3 aromatic rings. The van der Waals surface area contributed by atoms with Crippen molar-refractivity contribution in [2.45, 2.75) is 0 Å². The lowest BCUT2D eigenvalue weighted by Gasteiger charge is -2.01. The highest BCUT2D eigenvalue weighted by Gasteiger charge is 2.09. The van der Waals surface area contributed by atoms with Crippen LogP contribution in [0.5, 0.6) is 0 Å². The summed E-state index contributed by atoms with van der Waals surface area (Å²) in [6.45, 7) is 0. The summed E-state index contributed by atoms with van der Waals surface area (Å²) in [6, 6.07) is 15.4. The van der Waals surface area contributed by atoms with Crippen molar-refractivity contribution in [3.63, 3.8) is 0 Å². The molecule has 1 heterocycles. The Hall–Kier alpha value is -2.68. The fourth-order valence-electron chi connectivity index (χ4n) is 2.03. The molecule has 0 aliphatic rings. The third-order valence-corrected chi connectivity index (χ3v) is 4.31. The van der Waals surface area contributed by atoms with Gasteiger partial charge in [0.1, 0.15) is 22.5 Å². The molecule has 0 radical (unpaired) electrons. The molecule has 0 amide bonds. The van der Waals surface area contributed by atoms with Crippen LogP contribution < -0.4 is 5.32 Å². The minimum Gasteiger partial charge on any atom is -0.360 e. The normalized spacial score (nSPS) is 11.1. The molecule has 24 heavy (non-hydrogen) atoms. The molecule has 2 aromatic carbocycles. The Morgan fingerprint density at radius 3 is 2.75 bits per heavy atom. The van der Waals surface area contributed by atoms with E-state index in [2.05, 4.69) is 16.4 Å². The minimum atomic E-state index is -0.294. The van der Waals surface area contributed by atoms with Crippen molar-refractivity contribution in [3.8, 4) is 17.3 Å². The highest BCUT2D eigenvalue weighted by Crippen LogP contribution is 2.26. The standard InChI is InChI=1S/C18H11ClFN3S/c19-14-2-1-3-16(8-14)22-10-13(9-21)18-23-17(11-24-18)12-4-6-15(20)7-5-12/h1-8,10-11,22H. The molecule has 6 heteroatoms. The maximum atomic E-state index is 13.0. The lowest BCUT2D eigenvalue weighted by molar-refractivity contribution is 0.628. The summed E-state index contributed by atoms with van der Waals surface area (Å²) in [5.41, 5.74) is 2.71. The molecular formula is C18H11ClFN3S. The summed E-state index contributed by atoms with van der Waals surface area (Å²) in [7, 11) is 0. The van der Waals surface area contributed by atoms with Gasteiger partial charge in [0.2, 0.25) is 0 Å². The van der Waals surface area contributed by atoms with Crippen LogP contribution in [-0.2, 0) is 0 Å². The zero-order chi connectivity index (χ0) is 16.9. The van der Waals surface area contributed by atoms with Crippen LogP contribution in [0.2, 0.25) is 5.02 Å². The van der Waals surface area contributed by atoms with E-state index in [9.17, 15) is 9.65 Å². The van der Waals surface area contributed by atoms with E-state index in [0.29, 0.717) is 21.3 Å². The second-order valence-corrected chi connectivity index (χ2v) is 6.16. The van der Waals surface area contributed by atoms with Crippen molar-refractivity contribution in [2.24, 2.45) is 0 Å². The lowest BCUT2D eigenvalue weighted by Crippen LogP contribution is -1.91. The van der Waals surface area contributed by atoms with Gasteiger partial charge in [0.25, 0.3) is 0 Å². The predicted molar refractivity (Wildman–Crippen MR) is 96.2 cm³/mol. The molecular weight excluding hydrogens is 345 g/mol. The number of halogens is 2. The number of nitriles is 1. The third-order valence-electron chi connectivity index (χ3n) is 3.20. The van der Waals surface area contributed by atoms with Gasteiger partial charge in [-0.25, -0.2) is 9.37 Å². The molecule has 0 unspecified atom stereocenters. The van der Waals surface area contributed by atoms with Gasteiger partial charge < -0.3 is 5.32 Å². The van der Waals surface area contributed by atoms with E-state index in [4.69, 9.17) is 11.6 Å². The minimum absolute atomic E-state index is 0.294. The summed E-state index contributed by atoms with van der Waals surface area (Å²) in [5, 5.41) is 15.4. The summed E-state index contributed by atoms with van der Waals surface area (Å²) >= 11 is 7.29. The fraction of sp³-hybridized carbons (Fsp3) is 0. The van der Waals surface area contributed by atoms with Crippen molar-refractivity contribution in [3.05, 3.63) is 76.0 Å². The number of aromatic nitrogens is 1. The molecule has 3 nitrogen and oxygen atoms in total. The molecule has 118 valence electrons. The molecule has 0 saturated carbocycles. The number of hydrogen-bond donors (Lipinski definition) is 1. The average molecular weight is 356 g/mol. The second-order valence-electron chi connectivity index (χ2n) is 4.87. The monoisotopic (exact) mass is 355 g/mol. The van der Waals surface area contributed by atoms with E-state index in [-0.39, 0.29) is 5.82 Å². The first-order valence-electron chi connectivity index (χ1n) is 7.00. The zero-order valence-electron chi connectivity index (χ0n) is 12.3. The third kappa shape index (κ3) is 3.80. The first-order chi connectivity index (χ1) is 11.7. The van der Waals surface area contributed by atoms with Crippen molar-refractivity contribution in [2.75, 3.05) is 5.32 Å². The number of thiazole rings is 1. The van der Waals surface area contributed by atoms with Gasteiger partial charge in [-0.15, -0.1) is 11.3 Å². The highest BCUT2D eigenvalue weighted by molar-refractivity contribution is 7.11. The summed E-state index contributed by atoms with van der Waals surface area (Å²) in [6.07, 6.45) is 1.60. The Kier molecular flexibility index (Phi) is 4.90. The molecule has 1 aromatic heterocycles. The van der Waals surface area contributed by atoms with E-state index in [1.165, 1.54) is 23.5 Å². The summed E-state index contributed by atoms with van der Waals surface area (Å²) in [4.78, 5) is 4.45. The molecule has 0 saturated heterocycles. The largest absolute Gasteiger partial charge is 0.360 e. The van der Waals surface area contributed by atoms with Crippen LogP contribution in [0, 0.1) is 17.1 Å². The first-order valence-corrected chi connectivity index (χ1v) is 8.25. The van der Waals surface area contributed by atoms with Gasteiger partial charge in [-0.2, -0.15) is 5.26 Å². The number of benzene rings is 2. The summed E-state index contributed by atoms with van der Waals surface area (Å²) in [5.74, 6) is -0.294. The molecule has 1 N–H and O–H groups in total. The van der Waals surface area contributed by atoms with Crippen LogP contribution in [0.1, 0.15) is 5.01 Å². The van der Waals surface area contributed by atoms with Gasteiger partial charge in [0, 0.05) is 27.9 Å². The Bertz CT molecular complexity index is 926. The van der Waals surface area contributed by atoms with Crippen molar-refractivity contribution in [1.82, 2.24) is 4.98 Å². The van der Waals surface area contributed by atoms with Crippen molar-refractivity contribution in [1.29, 1.82) is 5.26 Å². The van der Waals surface area contributed by atoms with Crippen LogP contribution in [-0.4, -0.2) is 4.98 Å². The Morgan fingerprint density at radius 2 is 2.04 bits per heavy atom. The van der Waals surface area contributed by atoms with Crippen molar-refractivity contribution >= 4 is 34.2 Å². The van der Waals surface area contributed by atoms with Crippen LogP contribution in [0.3, 0.4) is 0 Å². The molecule has 3 rings (SSSR count). The van der Waals surface area contributed by atoms with Crippen LogP contribution in [0.15, 0.2) is 60.1 Å². The molecule has 0 bridgehead atoms. The Morgan fingerprint density at radius 1 is 1.25 bits per heavy atom. The van der Waals surface area contributed by atoms with E-state index in [1.54, 1.807) is 30.5 Å². The maximum absolute atomic E-state index is 13.0. The zero-order valence-corrected chi connectivity index (χ0v) is 13.9. The summed E-state index contributed by atoms with van der Waals surface area (Å²) < 4.78 is 13.0. The number of allylic oxidation sites excluding steroid dienone is 1. The van der Waals surface area contributed by atoms with Gasteiger partial charge in [-0.05, 0) is 42.5 Å². The molecule has 0 atom stereocenters. The number of anilines is 1. The van der Waals surface area contributed by atoms with Crippen LogP contribution in [0.25, 0.3) is 16.8 Å². The number of hydrogen-bond acceptors (Lipinski definition) is 4. The smallest absolute Gasteiger partial charge is 0.136 e. The first kappa shape index (κ1) is 16.2. The molecule has 0 fully saturated rings. The van der Waals surface area contributed by atoms with Crippen LogP contribution >= 0.6 is 22.9 Å². The predicted octanol–water partition coefficient (Wildman–Crippen LogP) is 5.58. The van der Waals surface area contributed by atoms with E-state index < -0.39 is 0 Å². The van der Waals surface area contributed by atoms with Crippen LogP contribution in [0.4, 0.5) is 10.1 Å². The number of rotatable bonds is 4.